The molecule has 1 atom stereocenters. The van der Waals surface area contributed by atoms with Crippen LogP contribution in [-0.2, 0) is 18.9 Å². The number of hydrogen-bond donors (Lipinski definition) is 2. The van der Waals surface area contributed by atoms with Crippen LogP contribution in [0.1, 0.15) is 16.8 Å². The second-order valence-electron chi connectivity index (χ2n) is 5.16. The number of benzene rings is 1. The molecule has 0 amide bonds. The SMILES string of the molecule is Cc1nn(C)c(Cl)c1CC(CN)(CO)c1ccccc1. The fourth-order valence-corrected chi connectivity index (χ4v) is 2.75. The molecule has 1 heterocycles. The Morgan fingerprint density at radius 3 is 2.45 bits per heavy atom. The molecule has 1 unspecified atom stereocenters. The lowest BCUT2D eigenvalue weighted by Crippen LogP contribution is -2.41. The first kappa shape index (κ1) is 15.0. The molecule has 0 spiro atoms. The average molecular weight is 294 g/mol. The second kappa shape index (κ2) is 5.95. The van der Waals surface area contributed by atoms with Crippen molar-refractivity contribution in [2.24, 2.45) is 12.8 Å². The van der Waals surface area contributed by atoms with Crippen molar-refractivity contribution in [2.45, 2.75) is 18.8 Å². The fraction of sp³-hybridized carbons (Fsp3) is 0.400. The molecule has 5 heteroatoms. The van der Waals surface area contributed by atoms with Gasteiger partial charge in [-0.05, 0) is 18.9 Å². The maximum atomic E-state index is 9.93. The van der Waals surface area contributed by atoms with Crippen LogP contribution in [0, 0.1) is 6.92 Å². The number of aryl methyl sites for hydroxylation is 2. The summed E-state index contributed by atoms with van der Waals surface area (Å²) < 4.78 is 1.65. The number of halogens is 1. The Morgan fingerprint density at radius 2 is 2.00 bits per heavy atom. The van der Waals surface area contributed by atoms with E-state index in [-0.39, 0.29) is 6.61 Å². The minimum Gasteiger partial charge on any atom is -0.395 e. The van der Waals surface area contributed by atoms with Crippen molar-refractivity contribution in [1.29, 1.82) is 0 Å². The Balaban J connectivity index is 2.45. The van der Waals surface area contributed by atoms with Gasteiger partial charge in [-0.3, -0.25) is 4.68 Å². The number of nitrogens with zero attached hydrogens (tertiary/aromatic N) is 2. The summed E-state index contributed by atoms with van der Waals surface area (Å²) >= 11 is 6.30. The van der Waals surface area contributed by atoms with Crippen LogP contribution in [0.15, 0.2) is 30.3 Å². The molecule has 0 bridgehead atoms. The van der Waals surface area contributed by atoms with E-state index in [1.54, 1.807) is 4.68 Å². The summed E-state index contributed by atoms with van der Waals surface area (Å²) in [7, 11) is 1.81. The highest BCUT2D eigenvalue weighted by atomic mass is 35.5. The molecule has 0 saturated heterocycles. The van der Waals surface area contributed by atoms with E-state index in [1.165, 1.54) is 0 Å². The maximum Gasteiger partial charge on any atom is 0.130 e. The third-order valence-corrected chi connectivity index (χ3v) is 4.34. The van der Waals surface area contributed by atoms with Gasteiger partial charge in [0, 0.05) is 24.6 Å². The topological polar surface area (TPSA) is 64.1 Å². The Labute approximate surface area is 124 Å². The molecule has 1 aromatic heterocycles. The van der Waals surface area contributed by atoms with E-state index < -0.39 is 5.41 Å². The molecule has 1 aromatic carbocycles. The van der Waals surface area contributed by atoms with Gasteiger partial charge in [-0.15, -0.1) is 0 Å². The summed E-state index contributed by atoms with van der Waals surface area (Å²) in [6.45, 7) is 2.24. The van der Waals surface area contributed by atoms with Crippen molar-refractivity contribution in [2.75, 3.05) is 13.2 Å². The van der Waals surface area contributed by atoms with Crippen molar-refractivity contribution >= 4 is 11.6 Å². The lowest BCUT2D eigenvalue weighted by Gasteiger charge is -2.31. The summed E-state index contributed by atoms with van der Waals surface area (Å²) in [4.78, 5) is 0. The van der Waals surface area contributed by atoms with Crippen LogP contribution >= 0.6 is 11.6 Å². The minimum atomic E-state index is -0.529. The largest absolute Gasteiger partial charge is 0.395 e. The number of aliphatic hydroxyl groups is 1. The highest BCUT2D eigenvalue weighted by Crippen LogP contribution is 2.31. The van der Waals surface area contributed by atoms with E-state index in [0.717, 1.165) is 16.8 Å². The summed E-state index contributed by atoms with van der Waals surface area (Å²) in [5.74, 6) is 0. The lowest BCUT2D eigenvalue weighted by atomic mass is 9.76. The smallest absolute Gasteiger partial charge is 0.130 e. The van der Waals surface area contributed by atoms with Gasteiger partial charge >= 0.3 is 0 Å². The zero-order valence-corrected chi connectivity index (χ0v) is 12.6. The van der Waals surface area contributed by atoms with Gasteiger partial charge in [0.25, 0.3) is 0 Å². The number of nitrogens with two attached hydrogens (primary N) is 1. The number of rotatable bonds is 5. The molecule has 3 N–H and O–H groups in total. The van der Waals surface area contributed by atoms with Gasteiger partial charge < -0.3 is 10.8 Å². The summed E-state index contributed by atoms with van der Waals surface area (Å²) in [5, 5.41) is 14.9. The summed E-state index contributed by atoms with van der Waals surface area (Å²) in [5.41, 5.74) is 8.28. The van der Waals surface area contributed by atoms with Gasteiger partial charge in [0.15, 0.2) is 0 Å². The monoisotopic (exact) mass is 293 g/mol. The lowest BCUT2D eigenvalue weighted by molar-refractivity contribution is 0.196. The highest BCUT2D eigenvalue weighted by molar-refractivity contribution is 6.30. The first-order valence-electron chi connectivity index (χ1n) is 6.58. The van der Waals surface area contributed by atoms with E-state index >= 15 is 0 Å². The Morgan fingerprint density at radius 1 is 1.35 bits per heavy atom. The first-order chi connectivity index (χ1) is 9.54. The third kappa shape index (κ3) is 2.59. The molecule has 0 aliphatic rings. The van der Waals surface area contributed by atoms with Crippen LogP contribution < -0.4 is 5.73 Å². The Kier molecular flexibility index (Phi) is 4.48. The molecular formula is C15H20ClN3O. The van der Waals surface area contributed by atoms with E-state index in [0.29, 0.717) is 18.1 Å². The summed E-state index contributed by atoms with van der Waals surface area (Å²) in [6, 6.07) is 9.83. The van der Waals surface area contributed by atoms with E-state index in [9.17, 15) is 5.11 Å². The molecule has 0 radical (unpaired) electrons. The number of hydrogen-bond acceptors (Lipinski definition) is 3. The number of aliphatic hydroxyl groups excluding tert-OH is 1. The van der Waals surface area contributed by atoms with Gasteiger partial charge in [-0.25, -0.2) is 0 Å². The minimum absolute atomic E-state index is 0.0296. The molecule has 0 saturated carbocycles. The fourth-order valence-electron chi connectivity index (χ4n) is 2.51. The second-order valence-corrected chi connectivity index (χ2v) is 5.52. The van der Waals surface area contributed by atoms with Gasteiger partial charge in [0.2, 0.25) is 0 Å². The highest BCUT2D eigenvalue weighted by Gasteiger charge is 2.32. The molecule has 0 fully saturated rings. The first-order valence-corrected chi connectivity index (χ1v) is 6.96. The maximum absolute atomic E-state index is 9.93. The molecule has 0 aliphatic heterocycles. The van der Waals surface area contributed by atoms with Crippen molar-refractivity contribution in [3.63, 3.8) is 0 Å². The molecule has 4 nitrogen and oxygen atoms in total. The van der Waals surface area contributed by atoms with Crippen molar-refractivity contribution in [3.8, 4) is 0 Å². The quantitative estimate of drug-likeness (QED) is 0.884. The standard InChI is InChI=1S/C15H20ClN3O/c1-11-13(14(16)19(2)18-11)8-15(9-17,10-20)12-6-4-3-5-7-12/h3-7,20H,8-10,17H2,1-2H3. The van der Waals surface area contributed by atoms with Gasteiger partial charge in [0.1, 0.15) is 5.15 Å². The molecule has 2 rings (SSSR count). The van der Waals surface area contributed by atoms with Crippen LogP contribution in [0.3, 0.4) is 0 Å². The van der Waals surface area contributed by atoms with Crippen molar-refractivity contribution in [3.05, 3.63) is 52.3 Å². The molecule has 0 aliphatic carbocycles. The summed E-state index contributed by atoms with van der Waals surface area (Å²) in [6.07, 6.45) is 0.572. The van der Waals surface area contributed by atoms with Crippen LogP contribution in [-0.4, -0.2) is 28.0 Å². The zero-order valence-electron chi connectivity index (χ0n) is 11.8. The van der Waals surface area contributed by atoms with Gasteiger partial charge in [0.05, 0.1) is 12.3 Å². The van der Waals surface area contributed by atoms with Crippen LogP contribution in [0.5, 0.6) is 0 Å². The molecule has 108 valence electrons. The van der Waals surface area contributed by atoms with Crippen LogP contribution in [0.2, 0.25) is 5.15 Å². The predicted octanol–water partition coefficient (Wildman–Crippen LogP) is 1.81. The average Bonchev–Trinajstić information content (AvgIpc) is 2.71. The molecule has 2 aromatic rings. The van der Waals surface area contributed by atoms with Crippen LogP contribution in [0.4, 0.5) is 0 Å². The molecular weight excluding hydrogens is 274 g/mol. The van der Waals surface area contributed by atoms with Crippen molar-refractivity contribution < 1.29 is 5.11 Å². The molecule has 20 heavy (non-hydrogen) atoms. The van der Waals surface area contributed by atoms with Crippen molar-refractivity contribution in [1.82, 2.24) is 9.78 Å². The third-order valence-electron chi connectivity index (χ3n) is 3.86. The van der Waals surface area contributed by atoms with E-state index in [2.05, 4.69) is 5.10 Å². The normalized spacial score (nSPS) is 14.2. The Bertz CT molecular complexity index is 576. The van der Waals surface area contributed by atoms with Gasteiger partial charge in [-0.2, -0.15) is 5.10 Å². The number of aromatic nitrogens is 2. The van der Waals surface area contributed by atoms with Crippen LogP contribution in [0.25, 0.3) is 0 Å². The Hall–Kier alpha value is -1.36. The van der Waals surface area contributed by atoms with E-state index in [4.69, 9.17) is 17.3 Å². The zero-order chi connectivity index (χ0) is 14.8. The van der Waals surface area contributed by atoms with Gasteiger partial charge in [-0.1, -0.05) is 41.9 Å². The predicted molar refractivity (Wildman–Crippen MR) is 80.9 cm³/mol. The van der Waals surface area contributed by atoms with E-state index in [1.807, 2.05) is 44.3 Å².